The zero-order chi connectivity index (χ0) is 47.7. The molecule has 2 spiro atoms. The molecule has 0 aliphatic carbocycles. The Morgan fingerprint density at radius 2 is 1.03 bits per heavy atom. The molecule has 4 aliphatic rings. The number of para-hydroxylation sites is 2. The zero-order valence-electron chi connectivity index (χ0n) is 38.5. The Morgan fingerprint density at radius 3 is 1.45 bits per heavy atom. The van der Waals surface area contributed by atoms with Crippen molar-refractivity contribution in [3.8, 4) is 23.4 Å². The second-order valence-electron chi connectivity index (χ2n) is 19.1. The van der Waals surface area contributed by atoms with Gasteiger partial charge in [0.1, 0.15) is 27.2 Å². The first kappa shape index (κ1) is 47.9. The third-order valence-corrected chi connectivity index (χ3v) is 16.4. The summed E-state index contributed by atoms with van der Waals surface area (Å²) < 4.78 is 3.48. The maximum Gasteiger partial charge on any atom is 0.329 e. The normalized spacial score (nSPS) is 17.6. The number of fused-ring (bicyclic) bond motifs is 2. The Bertz CT molecular complexity index is 2950. The van der Waals surface area contributed by atoms with Crippen molar-refractivity contribution in [3.63, 3.8) is 0 Å². The van der Waals surface area contributed by atoms with E-state index in [1.807, 2.05) is 54.6 Å². The summed E-state index contributed by atoms with van der Waals surface area (Å²) in [7, 11) is -2.53. The summed E-state index contributed by atoms with van der Waals surface area (Å²) in [5.41, 5.74) is 8.74. The van der Waals surface area contributed by atoms with Gasteiger partial charge in [0.05, 0.1) is 31.8 Å². The average molecular weight is 1080 g/mol. The highest BCUT2D eigenvalue weighted by Gasteiger charge is 2.54. The van der Waals surface area contributed by atoms with Crippen molar-refractivity contribution in [1.82, 2.24) is 20.6 Å². The van der Waals surface area contributed by atoms with Crippen LogP contribution in [0.1, 0.15) is 31.2 Å². The minimum atomic E-state index is -1.42. The zero-order valence-corrected chi connectivity index (χ0v) is 44.3. The molecule has 12 nitrogen and oxygen atoms in total. The van der Waals surface area contributed by atoms with Crippen molar-refractivity contribution < 1.29 is 19.2 Å². The molecule has 2 N–H and O–H groups in total. The van der Waals surface area contributed by atoms with E-state index in [2.05, 4.69) is 118 Å². The van der Waals surface area contributed by atoms with Crippen LogP contribution in [0, 0.1) is 27.0 Å². The second kappa shape index (κ2) is 19.2. The smallest absolute Gasteiger partial charge is 0.329 e. The van der Waals surface area contributed by atoms with Crippen molar-refractivity contribution in [2.45, 2.75) is 76.0 Å². The van der Waals surface area contributed by atoms with Crippen molar-refractivity contribution in [2.75, 3.05) is 45.8 Å². The molecule has 6 aromatic rings. The lowest BCUT2D eigenvalue weighted by molar-refractivity contribution is -0.123. The highest BCUT2D eigenvalue weighted by atomic mass is 127. The van der Waals surface area contributed by atoms with Gasteiger partial charge in [-0.3, -0.25) is 9.59 Å². The maximum absolute atomic E-state index is 13.2. The summed E-state index contributed by atoms with van der Waals surface area (Å²) in [4.78, 5) is 68.1. The van der Waals surface area contributed by atoms with E-state index in [-0.39, 0.29) is 23.9 Å². The number of thiazole rings is 2. The van der Waals surface area contributed by atoms with Crippen LogP contribution in [0.2, 0.25) is 39.3 Å². The van der Waals surface area contributed by atoms with Crippen LogP contribution in [0.5, 0.6) is 0 Å². The third-order valence-electron chi connectivity index (χ3n) is 11.9. The van der Waals surface area contributed by atoms with Crippen LogP contribution >= 0.6 is 45.3 Å². The largest absolute Gasteiger partial charge is 0.348 e. The van der Waals surface area contributed by atoms with Crippen LogP contribution in [-0.2, 0) is 9.59 Å². The number of urea groups is 2. The molecule has 67 heavy (non-hydrogen) atoms. The number of halogens is 1. The number of carbonyl (C=O) groups excluding carboxylic acids is 4. The van der Waals surface area contributed by atoms with E-state index in [1.54, 1.807) is 46.9 Å². The first-order valence-electron chi connectivity index (χ1n) is 22.3. The lowest BCUT2D eigenvalue weighted by Crippen LogP contribution is -2.55. The lowest BCUT2D eigenvalue weighted by Gasteiger charge is -2.37. The van der Waals surface area contributed by atoms with Gasteiger partial charge in [0.2, 0.25) is 0 Å². The maximum atomic E-state index is 13.2. The number of hydrogen-bond acceptors (Lipinski definition) is 10. The number of nitrogens with one attached hydrogen (secondary N) is 2. The molecule has 0 saturated carbocycles. The van der Waals surface area contributed by atoms with Crippen LogP contribution in [0.4, 0.5) is 31.2 Å². The SMILES string of the molecule is C#C[Si](C)(C)C.C[Si](C)(C)C#Cc1ccc2nc(N3CCC4(CC3)NC(=O)N(c3ccccc3)C4=O)sc2c1.O=C1NC2(CCN(c3nc4ccc(I)cc4s3)CC2)C(=O)N1c1ccccc1. The Hall–Kier alpha value is -5.58. The number of hydrogen-bond donors (Lipinski definition) is 2. The van der Waals surface area contributed by atoms with Gasteiger partial charge in [-0.25, -0.2) is 29.4 Å². The molecule has 0 unspecified atom stereocenters. The molecular weight excluding hydrogens is 1020 g/mol. The van der Waals surface area contributed by atoms with Gasteiger partial charge in [-0.1, -0.05) is 104 Å². The molecule has 17 heteroatoms. The topological polar surface area (TPSA) is 131 Å². The number of imide groups is 2. The van der Waals surface area contributed by atoms with Gasteiger partial charge in [0.15, 0.2) is 10.3 Å². The van der Waals surface area contributed by atoms with Crippen molar-refractivity contribution in [2.24, 2.45) is 0 Å². The van der Waals surface area contributed by atoms with Gasteiger partial charge in [0.25, 0.3) is 11.8 Å². The summed E-state index contributed by atoms with van der Waals surface area (Å²) in [5, 5.41) is 7.87. The van der Waals surface area contributed by atoms with E-state index in [0.29, 0.717) is 63.2 Å². The molecule has 2 aromatic heterocycles. The van der Waals surface area contributed by atoms with E-state index in [9.17, 15) is 19.2 Å². The molecular formula is C50H53IN8O4S2Si2. The van der Waals surface area contributed by atoms with E-state index >= 15 is 0 Å². The van der Waals surface area contributed by atoms with Crippen molar-refractivity contribution >= 4 is 127 Å². The number of amides is 6. The number of carbonyl (C=O) groups is 4. The number of anilines is 4. The van der Waals surface area contributed by atoms with Crippen LogP contribution in [0.25, 0.3) is 20.4 Å². The molecule has 4 saturated heterocycles. The van der Waals surface area contributed by atoms with E-state index in [1.165, 1.54) is 18.1 Å². The predicted molar refractivity (Wildman–Crippen MR) is 288 cm³/mol. The standard InChI is InChI=1S/C25H26N4O2SSi.C20H17IN4O2S.C5H10Si/c1-33(2,3)16-11-18-9-10-20-21(17-18)32-24(26-20)28-14-12-25(13-15-28)22(30)29(23(31)27-25)19-7-5-4-6-8-19;21-13-6-7-15-16(12-13)28-19(22-15)24-10-8-20(9-11-24)17(26)25(18(27)23-20)14-4-2-1-3-5-14;1-5-6(2,3)4/h4-10,17H,12-15H2,1-3H3,(H,27,31);1-7,12H,8-11H2,(H,23,27);1H,2-4H3. The summed E-state index contributed by atoms with van der Waals surface area (Å²) in [6, 6.07) is 30.0. The molecule has 4 aliphatic heterocycles. The van der Waals surface area contributed by atoms with E-state index in [0.717, 1.165) is 31.6 Å². The second-order valence-corrected chi connectivity index (χ2v) is 31.9. The quantitative estimate of drug-likeness (QED) is 0.0773. The molecule has 0 atom stereocenters. The number of aromatic nitrogens is 2. The van der Waals surface area contributed by atoms with Crippen molar-refractivity contribution in [3.05, 3.63) is 106 Å². The van der Waals surface area contributed by atoms with Gasteiger partial charge in [-0.05, 0) is 109 Å². The Labute approximate surface area is 415 Å². The van der Waals surface area contributed by atoms with Gasteiger partial charge in [0, 0.05) is 35.3 Å². The molecule has 10 rings (SSSR count). The summed E-state index contributed by atoms with van der Waals surface area (Å²) in [6.07, 6.45) is 7.39. The number of rotatable bonds is 4. The number of piperidine rings is 2. The van der Waals surface area contributed by atoms with E-state index in [4.69, 9.17) is 16.4 Å². The summed E-state index contributed by atoms with van der Waals surface area (Å²) in [6.45, 7) is 15.9. The monoisotopic (exact) mass is 1080 g/mol. The van der Waals surface area contributed by atoms with Crippen LogP contribution in [-0.4, -0.2) is 87.2 Å². The molecule has 6 heterocycles. The Balaban J connectivity index is 0.000000164. The Kier molecular flexibility index (Phi) is 13.7. The summed E-state index contributed by atoms with van der Waals surface area (Å²) >= 11 is 5.64. The number of terminal acetylenes is 1. The number of nitrogens with zero attached hydrogens (tertiary/aromatic N) is 6. The molecule has 4 aromatic carbocycles. The third kappa shape index (κ3) is 10.6. The van der Waals surface area contributed by atoms with Crippen LogP contribution in [0.3, 0.4) is 0 Å². The van der Waals surface area contributed by atoms with Crippen LogP contribution in [0.15, 0.2) is 97.1 Å². The molecule has 4 fully saturated rings. The lowest BCUT2D eigenvalue weighted by atomic mass is 9.87. The van der Waals surface area contributed by atoms with Crippen molar-refractivity contribution in [1.29, 1.82) is 0 Å². The Morgan fingerprint density at radius 1 is 0.612 bits per heavy atom. The average Bonchev–Trinajstić information content (AvgIpc) is 4.04. The first-order valence-corrected chi connectivity index (χ1v) is 32.0. The predicted octanol–water partition coefficient (Wildman–Crippen LogP) is 10.1. The van der Waals surface area contributed by atoms with Gasteiger partial charge in [-0.15, -0.1) is 17.5 Å². The molecule has 6 amide bonds. The minimum absolute atomic E-state index is 0.151. The first-order chi connectivity index (χ1) is 31.9. The van der Waals surface area contributed by atoms with Gasteiger partial charge < -0.3 is 20.4 Å². The van der Waals surface area contributed by atoms with E-state index < -0.39 is 27.2 Å². The molecule has 0 radical (unpaired) electrons. The summed E-state index contributed by atoms with van der Waals surface area (Å²) in [5.74, 6) is 3.01. The fraction of sp³-hybridized carbons (Fsp3) is 0.320. The molecule has 344 valence electrons. The van der Waals surface area contributed by atoms with Crippen LogP contribution < -0.4 is 30.2 Å². The van der Waals surface area contributed by atoms with Gasteiger partial charge in [-0.2, -0.15) is 0 Å². The highest BCUT2D eigenvalue weighted by molar-refractivity contribution is 14.1. The fourth-order valence-corrected chi connectivity index (χ4v) is 11.4. The fourth-order valence-electron chi connectivity index (χ4n) is 8.11. The number of benzene rings is 4. The van der Waals surface area contributed by atoms with Gasteiger partial charge >= 0.3 is 12.1 Å². The molecule has 0 bridgehead atoms. The minimum Gasteiger partial charge on any atom is -0.348 e. The highest BCUT2D eigenvalue weighted by Crippen LogP contribution is 2.38.